The molecule has 0 saturated heterocycles. The van der Waals surface area contributed by atoms with E-state index >= 15 is 0 Å². The van der Waals surface area contributed by atoms with Crippen LogP contribution in [-0.4, -0.2) is 19.7 Å². The first-order valence-corrected chi connectivity index (χ1v) is 8.99. The fourth-order valence-corrected chi connectivity index (χ4v) is 3.57. The van der Waals surface area contributed by atoms with Crippen molar-refractivity contribution in [3.05, 3.63) is 77.6 Å². The predicted octanol–water partition coefficient (Wildman–Crippen LogP) is 3.92. The second-order valence-corrected chi connectivity index (χ2v) is 6.61. The molecule has 1 aliphatic rings. The average molecular weight is 341 g/mol. The molecule has 0 bridgehead atoms. The molecule has 0 fully saturated rings. The first-order chi connectivity index (χ1) is 12.9. The van der Waals surface area contributed by atoms with Crippen LogP contribution in [0.15, 0.2) is 60.8 Å². The van der Waals surface area contributed by atoms with E-state index in [2.05, 4.69) is 46.8 Å². The van der Waals surface area contributed by atoms with Gasteiger partial charge in [0.2, 0.25) is 0 Å². The molecule has 0 radical (unpaired) electrons. The Morgan fingerprint density at radius 1 is 0.923 bits per heavy atom. The van der Waals surface area contributed by atoms with Gasteiger partial charge in [0.1, 0.15) is 5.82 Å². The molecule has 0 aliphatic heterocycles. The summed E-state index contributed by atoms with van der Waals surface area (Å²) in [4.78, 5) is 9.64. The van der Waals surface area contributed by atoms with Crippen molar-refractivity contribution in [2.75, 3.05) is 5.32 Å². The molecule has 2 heterocycles. The third kappa shape index (κ3) is 2.62. The second-order valence-electron chi connectivity index (χ2n) is 6.61. The number of hydrogen-bond acceptors (Lipinski definition) is 4. The van der Waals surface area contributed by atoms with Crippen LogP contribution in [0.4, 0.5) is 5.82 Å². The quantitative estimate of drug-likeness (QED) is 0.611. The van der Waals surface area contributed by atoms with Gasteiger partial charge in [0, 0.05) is 17.5 Å². The highest BCUT2D eigenvalue weighted by molar-refractivity contribution is 5.79. The third-order valence-electron chi connectivity index (χ3n) is 4.89. The van der Waals surface area contributed by atoms with E-state index in [9.17, 15) is 0 Å². The van der Waals surface area contributed by atoms with Crippen LogP contribution < -0.4 is 5.32 Å². The summed E-state index contributed by atoms with van der Waals surface area (Å²) in [5.74, 6) is 1.58. The topological polar surface area (TPSA) is 55.6 Å². The van der Waals surface area contributed by atoms with Crippen molar-refractivity contribution in [1.29, 1.82) is 0 Å². The normalized spacial score (nSPS) is 13.1. The van der Waals surface area contributed by atoms with Crippen LogP contribution >= 0.6 is 0 Å². The monoisotopic (exact) mass is 341 g/mol. The minimum Gasteiger partial charge on any atom is -0.366 e. The molecular weight excluding hydrogens is 322 g/mol. The Morgan fingerprint density at radius 3 is 2.69 bits per heavy atom. The molecule has 0 amide bonds. The average Bonchev–Trinajstić information content (AvgIpc) is 3.33. The molecule has 5 heteroatoms. The first kappa shape index (κ1) is 15.1. The molecule has 1 aliphatic carbocycles. The Kier molecular flexibility index (Phi) is 3.63. The molecule has 128 valence electrons. The fourth-order valence-electron chi connectivity index (χ4n) is 3.57. The van der Waals surface area contributed by atoms with Gasteiger partial charge in [-0.1, -0.05) is 48.5 Å². The van der Waals surface area contributed by atoms with Crippen LogP contribution in [0.3, 0.4) is 0 Å². The zero-order chi connectivity index (χ0) is 17.3. The van der Waals surface area contributed by atoms with Crippen LogP contribution in [-0.2, 0) is 19.4 Å². The van der Waals surface area contributed by atoms with Crippen LogP contribution in [0, 0.1) is 0 Å². The number of para-hydroxylation sites is 1. The van der Waals surface area contributed by atoms with E-state index in [-0.39, 0.29) is 0 Å². The van der Waals surface area contributed by atoms with Gasteiger partial charge in [-0.2, -0.15) is 14.8 Å². The Bertz CT molecular complexity index is 1070. The maximum atomic E-state index is 4.83. The van der Waals surface area contributed by atoms with Gasteiger partial charge in [-0.05, 0) is 30.9 Å². The van der Waals surface area contributed by atoms with E-state index < -0.39 is 0 Å². The van der Waals surface area contributed by atoms with Crippen molar-refractivity contribution in [3.8, 4) is 5.95 Å². The van der Waals surface area contributed by atoms with Gasteiger partial charge in [-0.25, -0.2) is 4.98 Å². The van der Waals surface area contributed by atoms with Crippen molar-refractivity contribution in [3.63, 3.8) is 0 Å². The van der Waals surface area contributed by atoms with E-state index in [0.29, 0.717) is 5.95 Å². The largest absolute Gasteiger partial charge is 0.366 e. The van der Waals surface area contributed by atoms with Gasteiger partial charge < -0.3 is 5.32 Å². The lowest BCUT2D eigenvalue weighted by Gasteiger charge is -2.12. The van der Waals surface area contributed by atoms with Crippen molar-refractivity contribution < 1.29 is 0 Å². The molecule has 0 unspecified atom stereocenters. The number of aromatic nitrogens is 4. The Morgan fingerprint density at radius 2 is 1.77 bits per heavy atom. The van der Waals surface area contributed by atoms with Gasteiger partial charge in [0.15, 0.2) is 0 Å². The SMILES string of the molecule is c1ccc(CNc2nc(-n3ncc4ccccc43)nc3c2CCC3)cc1. The second kappa shape index (κ2) is 6.26. The molecule has 2 aromatic heterocycles. The molecule has 2 aromatic carbocycles. The van der Waals surface area contributed by atoms with Crippen molar-refractivity contribution in [1.82, 2.24) is 19.7 Å². The number of aryl methyl sites for hydroxylation is 1. The number of anilines is 1. The molecule has 0 saturated carbocycles. The zero-order valence-corrected chi connectivity index (χ0v) is 14.4. The van der Waals surface area contributed by atoms with E-state index in [1.54, 1.807) is 0 Å². The van der Waals surface area contributed by atoms with Crippen molar-refractivity contribution >= 4 is 16.7 Å². The van der Waals surface area contributed by atoms with Gasteiger partial charge in [-0.3, -0.25) is 0 Å². The van der Waals surface area contributed by atoms with Gasteiger partial charge in [0.25, 0.3) is 5.95 Å². The lowest BCUT2D eigenvalue weighted by molar-refractivity contribution is 0.816. The summed E-state index contributed by atoms with van der Waals surface area (Å²) in [6.07, 6.45) is 5.03. The summed E-state index contributed by atoms with van der Waals surface area (Å²) in [5.41, 5.74) is 4.66. The molecule has 5 nitrogen and oxygen atoms in total. The van der Waals surface area contributed by atoms with E-state index in [4.69, 9.17) is 9.97 Å². The summed E-state index contributed by atoms with van der Waals surface area (Å²) >= 11 is 0. The highest BCUT2D eigenvalue weighted by Gasteiger charge is 2.20. The molecule has 0 spiro atoms. The zero-order valence-electron chi connectivity index (χ0n) is 14.4. The minimum atomic E-state index is 0.641. The summed E-state index contributed by atoms with van der Waals surface area (Å²) in [5, 5.41) is 9.13. The molecule has 5 rings (SSSR count). The highest BCUT2D eigenvalue weighted by atomic mass is 15.4. The summed E-state index contributed by atoms with van der Waals surface area (Å²) in [7, 11) is 0. The molecule has 26 heavy (non-hydrogen) atoms. The predicted molar refractivity (Wildman–Crippen MR) is 102 cm³/mol. The smallest absolute Gasteiger partial charge is 0.253 e. The molecular formula is C21H19N5. The highest BCUT2D eigenvalue weighted by Crippen LogP contribution is 2.28. The number of nitrogens with zero attached hydrogens (tertiary/aromatic N) is 4. The summed E-state index contributed by atoms with van der Waals surface area (Å²) in [6.45, 7) is 0.754. The molecule has 0 atom stereocenters. The lowest BCUT2D eigenvalue weighted by atomic mass is 10.2. The van der Waals surface area contributed by atoms with Gasteiger partial charge >= 0.3 is 0 Å². The molecule has 4 aromatic rings. The summed E-state index contributed by atoms with van der Waals surface area (Å²) in [6, 6.07) is 18.5. The Labute approximate surface area is 151 Å². The van der Waals surface area contributed by atoms with Gasteiger partial charge in [-0.15, -0.1) is 0 Å². The van der Waals surface area contributed by atoms with Crippen LogP contribution in [0.1, 0.15) is 23.2 Å². The van der Waals surface area contributed by atoms with Crippen LogP contribution in [0.5, 0.6) is 0 Å². The lowest BCUT2D eigenvalue weighted by Crippen LogP contribution is -2.11. The number of hydrogen-bond donors (Lipinski definition) is 1. The van der Waals surface area contributed by atoms with E-state index in [1.165, 1.54) is 11.1 Å². The number of benzene rings is 2. The first-order valence-electron chi connectivity index (χ1n) is 8.99. The Balaban J connectivity index is 1.55. The maximum absolute atomic E-state index is 4.83. The third-order valence-corrected chi connectivity index (χ3v) is 4.89. The van der Waals surface area contributed by atoms with E-state index in [0.717, 1.165) is 48.2 Å². The number of fused-ring (bicyclic) bond motifs is 2. The maximum Gasteiger partial charge on any atom is 0.253 e. The standard InChI is InChI=1S/C21H19N5/c1-2-7-15(8-3-1)13-22-20-17-10-6-11-18(17)24-21(25-20)26-19-12-5-4-9-16(19)14-23-26/h1-5,7-9,12,14H,6,10-11,13H2,(H,22,24,25). The van der Waals surface area contributed by atoms with Crippen molar-refractivity contribution in [2.24, 2.45) is 0 Å². The summed E-state index contributed by atoms with van der Waals surface area (Å²) < 4.78 is 1.83. The molecule has 1 N–H and O–H groups in total. The fraction of sp³-hybridized carbons (Fsp3) is 0.190. The number of rotatable bonds is 4. The minimum absolute atomic E-state index is 0.641. The number of nitrogens with one attached hydrogen (secondary N) is 1. The van der Waals surface area contributed by atoms with Crippen LogP contribution in [0.2, 0.25) is 0 Å². The van der Waals surface area contributed by atoms with Crippen LogP contribution in [0.25, 0.3) is 16.9 Å². The van der Waals surface area contributed by atoms with E-state index in [1.807, 2.05) is 29.1 Å². The van der Waals surface area contributed by atoms with Gasteiger partial charge in [0.05, 0.1) is 17.4 Å². The van der Waals surface area contributed by atoms with Crippen molar-refractivity contribution in [2.45, 2.75) is 25.8 Å². The Hall–Kier alpha value is -3.21.